The van der Waals surface area contributed by atoms with E-state index in [2.05, 4.69) is 5.32 Å². The van der Waals surface area contributed by atoms with Crippen LogP contribution in [-0.2, 0) is 28.8 Å². The fourth-order valence-corrected chi connectivity index (χ4v) is 3.34. The van der Waals surface area contributed by atoms with Gasteiger partial charge in [0.15, 0.2) is 0 Å². The molecule has 1 aliphatic heterocycles. The van der Waals surface area contributed by atoms with Crippen molar-refractivity contribution < 1.29 is 41.9 Å². The Morgan fingerprint density at radius 3 is 2.52 bits per heavy atom. The molecule has 11 nitrogen and oxygen atoms in total. The molecule has 0 aliphatic carbocycles. The number of amides is 2. The van der Waals surface area contributed by atoms with Gasteiger partial charge in [0.1, 0.15) is 6.10 Å². The quantitative estimate of drug-likeness (QED) is 0.277. The van der Waals surface area contributed by atoms with E-state index < -0.39 is 53.1 Å². The number of carbonyl (C=O) groups is 2. The first-order chi connectivity index (χ1) is 13.4. The standard InChI is InChI=1S/C17H30N2O9S/c1-5-26-14(20)7-11(4)6-13-16(22)15(21)12(8-27-13)9-28-29(24,25)19-17(23)18-10(2)3/h7,10,12-13,15-16,21-22H,5-6,8-9H2,1-4H3,(H2,18,19,23)/b11-7+/t12-,13+,15-,16+/m1/s1. The third kappa shape index (κ3) is 9.09. The van der Waals surface area contributed by atoms with Crippen molar-refractivity contribution in [2.75, 3.05) is 19.8 Å². The average Bonchev–Trinajstić information content (AvgIpc) is 2.57. The summed E-state index contributed by atoms with van der Waals surface area (Å²) in [4.78, 5) is 22.9. The highest BCUT2D eigenvalue weighted by Crippen LogP contribution is 2.25. The van der Waals surface area contributed by atoms with Gasteiger partial charge in [0.05, 0.1) is 32.0 Å². The second-order valence-corrected chi connectivity index (χ2v) is 8.38. The zero-order chi connectivity index (χ0) is 22.2. The molecule has 0 radical (unpaired) electrons. The van der Waals surface area contributed by atoms with E-state index in [-0.39, 0.29) is 25.7 Å². The summed E-state index contributed by atoms with van der Waals surface area (Å²) in [5.41, 5.74) is 0.595. The van der Waals surface area contributed by atoms with Crippen LogP contribution >= 0.6 is 0 Å². The molecule has 1 fully saturated rings. The maximum absolute atomic E-state index is 11.8. The molecule has 0 saturated carbocycles. The lowest BCUT2D eigenvalue weighted by molar-refractivity contribution is -0.168. The van der Waals surface area contributed by atoms with Crippen molar-refractivity contribution in [3.63, 3.8) is 0 Å². The van der Waals surface area contributed by atoms with Crippen LogP contribution in [0, 0.1) is 5.92 Å². The molecule has 1 saturated heterocycles. The van der Waals surface area contributed by atoms with Crippen molar-refractivity contribution in [1.29, 1.82) is 0 Å². The highest BCUT2D eigenvalue weighted by molar-refractivity contribution is 7.85. The van der Waals surface area contributed by atoms with Gasteiger partial charge in [-0.3, -0.25) is 4.18 Å². The molecule has 1 aliphatic rings. The largest absolute Gasteiger partial charge is 0.463 e. The zero-order valence-corrected chi connectivity index (χ0v) is 17.8. The van der Waals surface area contributed by atoms with E-state index >= 15 is 0 Å². The number of nitrogens with one attached hydrogen (secondary N) is 2. The van der Waals surface area contributed by atoms with E-state index in [0.717, 1.165) is 0 Å². The Morgan fingerprint density at radius 1 is 1.28 bits per heavy atom. The molecule has 0 spiro atoms. The summed E-state index contributed by atoms with van der Waals surface area (Å²) in [6.45, 7) is 6.32. The van der Waals surface area contributed by atoms with Crippen LogP contribution in [0.2, 0.25) is 0 Å². The van der Waals surface area contributed by atoms with Gasteiger partial charge >= 0.3 is 22.3 Å². The Labute approximate surface area is 170 Å². The maximum atomic E-state index is 11.8. The first-order valence-electron chi connectivity index (χ1n) is 9.24. The van der Waals surface area contributed by atoms with Crippen molar-refractivity contribution in [3.05, 3.63) is 11.6 Å². The third-order valence-electron chi connectivity index (χ3n) is 3.99. The lowest BCUT2D eigenvalue weighted by Crippen LogP contribution is -2.52. The van der Waals surface area contributed by atoms with E-state index in [9.17, 15) is 28.2 Å². The summed E-state index contributed by atoms with van der Waals surface area (Å²) < 4.78 is 40.3. The van der Waals surface area contributed by atoms with Gasteiger partial charge in [-0.1, -0.05) is 5.57 Å². The zero-order valence-electron chi connectivity index (χ0n) is 17.0. The lowest BCUT2D eigenvalue weighted by atomic mass is 9.90. The van der Waals surface area contributed by atoms with E-state index in [4.69, 9.17) is 13.7 Å². The van der Waals surface area contributed by atoms with Gasteiger partial charge in [-0.15, -0.1) is 0 Å². The van der Waals surface area contributed by atoms with Gasteiger partial charge in [0.2, 0.25) is 0 Å². The number of aliphatic hydroxyl groups excluding tert-OH is 2. The van der Waals surface area contributed by atoms with E-state index in [1.165, 1.54) is 6.08 Å². The molecular formula is C17H30N2O9S. The minimum absolute atomic E-state index is 0.0801. The van der Waals surface area contributed by atoms with Crippen LogP contribution in [0.15, 0.2) is 11.6 Å². The van der Waals surface area contributed by atoms with Crippen molar-refractivity contribution in [1.82, 2.24) is 10.0 Å². The average molecular weight is 438 g/mol. The van der Waals surface area contributed by atoms with E-state index in [1.54, 1.807) is 32.4 Å². The SMILES string of the molecule is CCOC(=O)/C=C(\C)C[C@@H]1OC[C@H](COS(=O)(=O)NC(=O)NC(C)C)[C@@H](O)[C@H]1O. The Bertz CT molecular complexity index is 693. The summed E-state index contributed by atoms with van der Waals surface area (Å²) in [6.07, 6.45) is -1.95. The number of hydrogen-bond acceptors (Lipinski definition) is 9. The predicted molar refractivity (Wildman–Crippen MR) is 102 cm³/mol. The molecule has 0 aromatic rings. The smallest absolute Gasteiger partial charge is 0.363 e. The number of hydrogen-bond donors (Lipinski definition) is 4. The van der Waals surface area contributed by atoms with E-state index in [0.29, 0.717) is 5.57 Å². The molecule has 1 rings (SSSR count). The van der Waals surface area contributed by atoms with Gasteiger partial charge < -0.3 is 25.0 Å². The van der Waals surface area contributed by atoms with Gasteiger partial charge in [0, 0.05) is 18.0 Å². The lowest BCUT2D eigenvalue weighted by Gasteiger charge is -2.37. The fraction of sp³-hybridized carbons (Fsp3) is 0.765. The van der Waals surface area contributed by atoms with Crippen LogP contribution in [0.3, 0.4) is 0 Å². The normalized spacial score (nSPS) is 25.6. The van der Waals surface area contributed by atoms with Crippen molar-refractivity contribution >= 4 is 22.3 Å². The van der Waals surface area contributed by atoms with Crippen LogP contribution in [0.5, 0.6) is 0 Å². The van der Waals surface area contributed by atoms with Gasteiger partial charge in [-0.05, 0) is 34.1 Å². The third-order valence-corrected chi connectivity index (χ3v) is 4.87. The van der Waals surface area contributed by atoms with Crippen molar-refractivity contribution in [2.24, 2.45) is 5.92 Å². The Kier molecular flexibility index (Phi) is 10.00. The molecule has 4 N–H and O–H groups in total. The van der Waals surface area contributed by atoms with E-state index in [1.807, 2.05) is 0 Å². The van der Waals surface area contributed by atoms with Crippen LogP contribution in [-0.4, -0.2) is 74.8 Å². The number of carbonyl (C=O) groups excluding carboxylic acids is 2. The van der Waals surface area contributed by atoms with Gasteiger partial charge in [0.25, 0.3) is 0 Å². The summed E-state index contributed by atoms with van der Waals surface area (Å²) in [5.74, 6) is -1.35. The van der Waals surface area contributed by atoms with Crippen LogP contribution in [0.4, 0.5) is 4.79 Å². The summed E-state index contributed by atoms with van der Waals surface area (Å²) >= 11 is 0. The first-order valence-corrected chi connectivity index (χ1v) is 10.6. The molecule has 12 heteroatoms. The molecular weight excluding hydrogens is 408 g/mol. The molecule has 0 aromatic carbocycles. The number of esters is 1. The fourth-order valence-electron chi connectivity index (χ4n) is 2.64. The Morgan fingerprint density at radius 2 is 1.93 bits per heavy atom. The summed E-state index contributed by atoms with van der Waals surface area (Å²) in [6, 6.07) is -1.21. The monoisotopic (exact) mass is 438 g/mol. The highest BCUT2D eigenvalue weighted by atomic mass is 32.2. The van der Waals surface area contributed by atoms with Crippen molar-refractivity contribution in [3.8, 4) is 0 Å². The summed E-state index contributed by atoms with van der Waals surface area (Å²) in [7, 11) is -4.39. The molecule has 0 unspecified atom stereocenters. The predicted octanol–water partition coefficient (Wildman–Crippen LogP) is -0.408. The molecule has 168 valence electrons. The minimum atomic E-state index is -4.39. The maximum Gasteiger partial charge on any atom is 0.363 e. The Balaban J connectivity index is 2.57. The number of rotatable bonds is 9. The molecule has 0 bridgehead atoms. The first kappa shape index (κ1) is 25.3. The van der Waals surface area contributed by atoms with Gasteiger partial charge in [-0.2, -0.15) is 8.42 Å². The molecule has 1 heterocycles. The summed E-state index contributed by atoms with van der Waals surface area (Å²) in [5, 5.41) is 22.9. The molecule has 29 heavy (non-hydrogen) atoms. The van der Waals surface area contributed by atoms with Gasteiger partial charge in [-0.25, -0.2) is 14.3 Å². The topological polar surface area (TPSA) is 160 Å². The van der Waals surface area contributed by atoms with Crippen LogP contribution in [0.1, 0.15) is 34.1 Å². The second-order valence-electron chi connectivity index (χ2n) is 7.03. The minimum Gasteiger partial charge on any atom is -0.463 e. The highest BCUT2D eigenvalue weighted by Gasteiger charge is 2.39. The number of urea groups is 1. The number of ether oxygens (including phenoxy) is 2. The van der Waals surface area contributed by atoms with Crippen LogP contribution < -0.4 is 10.0 Å². The van der Waals surface area contributed by atoms with Crippen molar-refractivity contribution in [2.45, 2.75) is 58.5 Å². The molecule has 0 aromatic heterocycles. The van der Waals surface area contributed by atoms with Crippen LogP contribution in [0.25, 0.3) is 0 Å². The second kappa shape index (κ2) is 11.5. The number of aliphatic hydroxyl groups is 2. The Hall–Kier alpha value is -1.73. The molecule has 4 atom stereocenters. The molecule has 2 amide bonds.